The van der Waals surface area contributed by atoms with Gasteiger partial charge in [0.25, 0.3) is 5.91 Å². The Bertz CT molecular complexity index is 947. The number of hydrogen-bond acceptors (Lipinski definition) is 5. The van der Waals surface area contributed by atoms with Crippen molar-refractivity contribution in [2.24, 2.45) is 0 Å². The highest BCUT2D eigenvalue weighted by Gasteiger charge is 2.33. The summed E-state index contributed by atoms with van der Waals surface area (Å²) < 4.78 is 10.3. The predicted molar refractivity (Wildman–Crippen MR) is 117 cm³/mol. The Kier molecular flexibility index (Phi) is 7.45. The summed E-state index contributed by atoms with van der Waals surface area (Å²) in [4.78, 5) is 39.0. The molecule has 2 aromatic carbocycles. The van der Waals surface area contributed by atoms with E-state index in [9.17, 15) is 14.4 Å². The van der Waals surface area contributed by atoms with E-state index in [1.165, 1.54) is 0 Å². The van der Waals surface area contributed by atoms with E-state index < -0.39 is 5.97 Å². The van der Waals surface area contributed by atoms with Crippen LogP contribution in [0.3, 0.4) is 0 Å². The summed E-state index contributed by atoms with van der Waals surface area (Å²) in [5.41, 5.74) is 3.51. The number of Topliss-reactive ketones (excluding diaryl/α,β-unsaturated/α-hetero) is 1. The van der Waals surface area contributed by atoms with E-state index >= 15 is 0 Å². The molecule has 0 N–H and O–H groups in total. The summed E-state index contributed by atoms with van der Waals surface area (Å²) >= 11 is 0. The minimum atomic E-state index is -0.535. The summed E-state index contributed by atoms with van der Waals surface area (Å²) in [5, 5.41) is 0. The molecule has 1 saturated carbocycles. The highest BCUT2D eigenvalue weighted by molar-refractivity contribution is 5.99. The van der Waals surface area contributed by atoms with Crippen molar-refractivity contribution in [2.75, 3.05) is 13.7 Å². The van der Waals surface area contributed by atoms with E-state index in [4.69, 9.17) is 9.47 Å². The van der Waals surface area contributed by atoms with Crippen molar-refractivity contribution < 1.29 is 23.9 Å². The molecule has 1 aliphatic rings. The smallest absolute Gasteiger partial charge is 0.306 e. The molecule has 6 heteroatoms. The zero-order valence-electron chi connectivity index (χ0n) is 18.3. The summed E-state index contributed by atoms with van der Waals surface area (Å²) in [5.74, 6) is -0.0827. The lowest BCUT2D eigenvalue weighted by molar-refractivity contribution is -0.152. The zero-order valence-corrected chi connectivity index (χ0v) is 18.3. The largest absolute Gasteiger partial charge is 0.497 e. The first-order valence-electron chi connectivity index (χ1n) is 10.6. The average molecular weight is 424 g/mol. The van der Waals surface area contributed by atoms with Crippen molar-refractivity contribution in [1.29, 1.82) is 0 Å². The third kappa shape index (κ3) is 6.41. The molecule has 0 aromatic heterocycles. The van der Waals surface area contributed by atoms with Gasteiger partial charge in [0.05, 0.1) is 13.5 Å². The van der Waals surface area contributed by atoms with Gasteiger partial charge in [-0.05, 0) is 56.0 Å². The zero-order chi connectivity index (χ0) is 22.4. The minimum absolute atomic E-state index is 0.0403. The Morgan fingerprint density at radius 3 is 2.35 bits per heavy atom. The van der Waals surface area contributed by atoms with Crippen molar-refractivity contribution in [2.45, 2.75) is 52.1 Å². The molecule has 0 radical (unpaired) electrons. The Morgan fingerprint density at radius 1 is 1.00 bits per heavy atom. The fraction of sp³-hybridized carbons (Fsp3) is 0.400. The van der Waals surface area contributed by atoms with Crippen LogP contribution < -0.4 is 4.74 Å². The van der Waals surface area contributed by atoms with Crippen LogP contribution in [0.5, 0.6) is 5.75 Å². The van der Waals surface area contributed by atoms with Crippen LogP contribution in [-0.4, -0.2) is 42.3 Å². The number of carbonyl (C=O) groups is 3. The van der Waals surface area contributed by atoms with Crippen LogP contribution in [0.15, 0.2) is 42.5 Å². The number of ether oxygens (including phenoxy) is 2. The topological polar surface area (TPSA) is 72.9 Å². The fourth-order valence-electron chi connectivity index (χ4n) is 3.42. The highest BCUT2D eigenvalue weighted by Crippen LogP contribution is 2.29. The van der Waals surface area contributed by atoms with Gasteiger partial charge in [0, 0.05) is 24.6 Å². The van der Waals surface area contributed by atoms with Gasteiger partial charge in [-0.3, -0.25) is 14.4 Å². The number of ketones is 1. The SMILES string of the molecule is COc1ccc(CN(C(=O)COC(=O)CCC(=O)c2cc(C)ccc2C)C2CC2)cc1. The first-order valence-corrected chi connectivity index (χ1v) is 10.6. The van der Waals surface area contributed by atoms with Crippen LogP contribution in [0.25, 0.3) is 0 Å². The number of aryl methyl sites for hydroxylation is 2. The Labute approximate surface area is 183 Å². The molecule has 31 heavy (non-hydrogen) atoms. The Hall–Kier alpha value is -3.15. The maximum Gasteiger partial charge on any atom is 0.306 e. The van der Waals surface area contributed by atoms with Crippen molar-refractivity contribution in [3.05, 3.63) is 64.7 Å². The van der Waals surface area contributed by atoms with Gasteiger partial charge >= 0.3 is 5.97 Å². The normalized spacial score (nSPS) is 12.9. The number of amides is 1. The highest BCUT2D eigenvalue weighted by atomic mass is 16.5. The minimum Gasteiger partial charge on any atom is -0.497 e. The molecule has 0 unspecified atom stereocenters. The first-order chi connectivity index (χ1) is 14.9. The van der Waals surface area contributed by atoms with E-state index in [0.717, 1.165) is 35.3 Å². The molecule has 3 rings (SSSR count). The second-order valence-electron chi connectivity index (χ2n) is 8.00. The number of rotatable bonds is 10. The third-order valence-corrected chi connectivity index (χ3v) is 5.43. The lowest BCUT2D eigenvalue weighted by Gasteiger charge is -2.22. The molecule has 0 heterocycles. The van der Waals surface area contributed by atoms with Crippen molar-refractivity contribution in [1.82, 2.24) is 4.90 Å². The summed E-state index contributed by atoms with van der Waals surface area (Å²) in [6.45, 7) is 3.96. The average Bonchev–Trinajstić information content (AvgIpc) is 3.61. The maximum absolute atomic E-state index is 12.7. The lowest BCUT2D eigenvalue weighted by atomic mass is 9.99. The van der Waals surface area contributed by atoms with Gasteiger partial charge in [-0.2, -0.15) is 0 Å². The molecule has 164 valence electrons. The number of methoxy groups -OCH3 is 1. The monoisotopic (exact) mass is 423 g/mol. The molecule has 0 saturated heterocycles. The van der Waals surface area contributed by atoms with Gasteiger partial charge in [-0.15, -0.1) is 0 Å². The molecule has 0 spiro atoms. The standard InChI is InChI=1S/C25H29NO5/c1-17-4-5-18(2)22(14-17)23(27)12-13-25(29)31-16-24(28)26(20-8-9-20)15-19-6-10-21(30-3)11-7-19/h4-7,10-11,14,20H,8-9,12-13,15-16H2,1-3H3. The molecule has 1 aliphatic carbocycles. The first kappa shape index (κ1) is 22.5. The Balaban J connectivity index is 1.48. The quantitative estimate of drug-likeness (QED) is 0.426. The number of carbonyl (C=O) groups excluding carboxylic acids is 3. The van der Waals surface area contributed by atoms with Gasteiger partial charge in [0.2, 0.25) is 0 Å². The van der Waals surface area contributed by atoms with Crippen LogP contribution in [-0.2, 0) is 20.9 Å². The Morgan fingerprint density at radius 2 is 1.71 bits per heavy atom. The van der Waals surface area contributed by atoms with Crippen LogP contribution in [0, 0.1) is 13.8 Å². The van der Waals surface area contributed by atoms with Crippen LogP contribution in [0.2, 0.25) is 0 Å². The van der Waals surface area contributed by atoms with Gasteiger partial charge in [0.15, 0.2) is 12.4 Å². The molecule has 1 fully saturated rings. The molecular weight excluding hydrogens is 394 g/mol. The number of benzene rings is 2. The third-order valence-electron chi connectivity index (χ3n) is 5.43. The molecule has 6 nitrogen and oxygen atoms in total. The molecule has 2 aromatic rings. The summed E-state index contributed by atoms with van der Waals surface area (Å²) in [7, 11) is 1.61. The lowest BCUT2D eigenvalue weighted by Crippen LogP contribution is -2.36. The number of nitrogens with zero attached hydrogens (tertiary/aromatic N) is 1. The van der Waals surface area contributed by atoms with Gasteiger partial charge in [0.1, 0.15) is 5.75 Å². The molecule has 1 amide bonds. The van der Waals surface area contributed by atoms with Crippen molar-refractivity contribution in [3.63, 3.8) is 0 Å². The van der Waals surface area contributed by atoms with Gasteiger partial charge in [-0.25, -0.2) is 0 Å². The molecule has 0 aliphatic heterocycles. The fourth-order valence-corrected chi connectivity index (χ4v) is 3.42. The van der Waals surface area contributed by atoms with E-state index in [1.54, 1.807) is 12.0 Å². The van der Waals surface area contributed by atoms with Crippen molar-refractivity contribution >= 4 is 17.7 Å². The summed E-state index contributed by atoms with van der Waals surface area (Å²) in [6, 6.07) is 13.4. The number of hydrogen-bond donors (Lipinski definition) is 0. The molecule has 0 bridgehead atoms. The molecular formula is C25H29NO5. The maximum atomic E-state index is 12.7. The van der Waals surface area contributed by atoms with Gasteiger partial charge < -0.3 is 14.4 Å². The van der Waals surface area contributed by atoms with E-state index in [-0.39, 0.29) is 37.2 Å². The van der Waals surface area contributed by atoms with Crippen LogP contribution in [0.4, 0.5) is 0 Å². The van der Waals surface area contributed by atoms with Crippen LogP contribution >= 0.6 is 0 Å². The van der Waals surface area contributed by atoms with Gasteiger partial charge in [-0.1, -0.05) is 29.8 Å². The van der Waals surface area contributed by atoms with Crippen molar-refractivity contribution in [3.8, 4) is 5.75 Å². The second-order valence-corrected chi connectivity index (χ2v) is 8.00. The molecule has 0 atom stereocenters. The predicted octanol–water partition coefficient (Wildman–Crippen LogP) is 4.01. The second kappa shape index (κ2) is 10.2. The van der Waals surface area contributed by atoms with Crippen LogP contribution in [0.1, 0.15) is 52.7 Å². The number of esters is 1. The summed E-state index contributed by atoms with van der Waals surface area (Å²) in [6.07, 6.45) is 1.94. The van der Waals surface area contributed by atoms with E-state index in [0.29, 0.717) is 12.1 Å². The van der Waals surface area contributed by atoms with E-state index in [2.05, 4.69) is 0 Å². The van der Waals surface area contributed by atoms with E-state index in [1.807, 2.05) is 56.3 Å².